The van der Waals surface area contributed by atoms with Gasteiger partial charge in [-0.3, -0.25) is 14.4 Å². The van der Waals surface area contributed by atoms with Gasteiger partial charge in [0.05, 0.1) is 13.2 Å². The number of anilines is 1. The zero-order valence-electron chi connectivity index (χ0n) is 23.7. The fraction of sp³-hybridized carbons (Fsp3) is 0.414. The molecule has 4 amide bonds. The number of rotatable bonds is 11. The summed E-state index contributed by atoms with van der Waals surface area (Å²) >= 11 is 0. The van der Waals surface area contributed by atoms with Crippen molar-refractivity contribution in [1.82, 2.24) is 10.2 Å². The summed E-state index contributed by atoms with van der Waals surface area (Å²) in [5.74, 6) is -1.41. The lowest BCUT2D eigenvalue weighted by molar-refractivity contribution is -0.140. The minimum Gasteiger partial charge on any atom is -0.497 e. The number of benzene rings is 2. The molecule has 0 aliphatic heterocycles. The van der Waals surface area contributed by atoms with E-state index in [1.807, 2.05) is 19.1 Å². The van der Waals surface area contributed by atoms with Crippen LogP contribution in [0.5, 0.6) is 5.75 Å². The molecule has 2 unspecified atom stereocenters. The molecule has 11 heteroatoms. The second-order valence-electron chi connectivity index (χ2n) is 10.3. The summed E-state index contributed by atoms with van der Waals surface area (Å²) in [5.41, 5.74) is 7.07. The first-order chi connectivity index (χ1) is 18.7. The van der Waals surface area contributed by atoms with Crippen molar-refractivity contribution in [3.63, 3.8) is 0 Å². The Hall–Kier alpha value is -4.59. The number of nitriles is 1. The van der Waals surface area contributed by atoms with E-state index in [0.717, 1.165) is 16.0 Å². The zero-order valence-corrected chi connectivity index (χ0v) is 23.7. The third kappa shape index (κ3) is 9.31. The molecule has 0 aromatic heterocycles. The van der Waals surface area contributed by atoms with E-state index in [1.165, 1.54) is 7.11 Å². The SMILES string of the molecule is COc1ccc(NC(=O)C(c2ccc(C)cc2C)N(CC#N)C(=O)C(CCC(N)=O)NC(=O)OC(C)(C)C)cc1. The lowest BCUT2D eigenvalue weighted by Crippen LogP contribution is -2.52. The van der Waals surface area contributed by atoms with Crippen LogP contribution in [0.15, 0.2) is 42.5 Å². The highest BCUT2D eigenvalue weighted by molar-refractivity contribution is 5.99. The Morgan fingerprint density at radius 2 is 1.73 bits per heavy atom. The molecule has 4 N–H and O–H groups in total. The number of ether oxygens (including phenoxy) is 2. The van der Waals surface area contributed by atoms with Gasteiger partial charge in [-0.1, -0.05) is 23.8 Å². The summed E-state index contributed by atoms with van der Waals surface area (Å²) < 4.78 is 10.5. The molecule has 0 aliphatic carbocycles. The van der Waals surface area contributed by atoms with Crippen molar-refractivity contribution in [2.45, 2.75) is 65.1 Å². The molecule has 0 radical (unpaired) electrons. The van der Waals surface area contributed by atoms with E-state index in [-0.39, 0.29) is 12.8 Å². The van der Waals surface area contributed by atoms with E-state index in [1.54, 1.807) is 64.1 Å². The van der Waals surface area contributed by atoms with Gasteiger partial charge in [-0.25, -0.2) is 4.79 Å². The molecule has 0 aliphatic rings. The van der Waals surface area contributed by atoms with Gasteiger partial charge in [0, 0.05) is 12.1 Å². The van der Waals surface area contributed by atoms with Gasteiger partial charge in [-0.15, -0.1) is 0 Å². The summed E-state index contributed by atoms with van der Waals surface area (Å²) in [4.78, 5) is 52.9. The molecule has 0 bridgehead atoms. The molecule has 0 spiro atoms. The molecule has 0 fully saturated rings. The largest absolute Gasteiger partial charge is 0.497 e. The summed E-state index contributed by atoms with van der Waals surface area (Å²) in [6.07, 6.45) is -1.27. The number of primary amides is 1. The Kier molecular flexibility index (Phi) is 11.1. The number of nitrogens with two attached hydrogens (primary N) is 1. The lowest BCUT2D eigenvalue weighted by Gasteiger charge is -2.33. The highest BCUT2D eigenvalue weighted by Gasteiger charge is 2.37. The van der Waals surface area contributed by atoms with Crippen molar-refractivity contribution in [2.24, 2.45) is 5.73 Å². The topological polar surface area (TPSA) is 164 Å². The van der Waals surface area contributed by atoms with Crippen LogP contribution in [0, 0.1) is 25.2 Å². The fourth-order valence-electron chi connectivity index (χ4n) is 4.03. The number of carbonyl (C=O) groups is 4. The molecule has 2 aromatic rings. The quantitative estimate of drug-likeness (QED) is 0.360. The number of nitrogens with zero attached hydrogens (tertiary/aromatic N) is 2. The second-order valence-corrected chi connectivity index (χ2v) is 10.3. The Labute approximate surface area is 234 Å². The fourth-order valence-corrected chi connectivity index (χ4v) is 4.03. The molecular formula is C29H37N5O6. The Balaban J connectivity index is 2.54. The number of methoxy groups -OCH3 is 1. The highest BCUT2D eigenvalue weighted by atomic mass is 16.6. The van der Waals surface area contributed by atoms with Gasteiger partial charge in [0.2, 0.25) is 11.8 Å². The first-order valence-electron chi connectivity index (χ1n) is 12.7. The van der Waals surface area contributed by atoms with Crippen LogP contribution in [0.2, 0.25) is 0 Å². The van der Waals surface area contributed by atoms with Crippen LogP contribution in [0.4, 0.5) is 10.5 Å². The van der Waals surface area contributed by atoms with Crippen molar-refractivity contribution >= 4 is 29.5 Å². The number of hydrogen-bond donors (Lipinski definition) is 3. The molecule has 11 nitrogen and oxygen atoms in total. The normalized spacial score (nSPS) is 12.3. The van der Waals surface area contributed by atoms with Gasteiger partial charge in [0.1, 0.15) is 30.0 Å². The van der Waals surface area contributed by atoms with E-state index >= 15 is 0 Å². The number of alkyl carbamates (subject to hydrolysis) is 1. The number of amides is 4. The number of nitrogens with one attached hydrogen (secondary N) is 2. The van der Waals surface area contributed by atoms with Crippen LogP contribution in [0.3, 0.4) is 0 Å². The van der Waals surface area contributed by atoms with Crippen molar-refractivity contribution < 1.29 is 28.7 Å². The molecule has 40 heavy (non-hydrogen) atoms. The minimum absolute atomic E-state index is 0.158. The molecule has 0 heterocycles. The number of hydrogen-bond acceptors (Lipinski definition) is 7. The monoisotopic (exact) mass is 551 g/mol. The molecule has 2 rings (SSSR count). The van der Waals surface area contributed by atoms with E-state index in [9.17, 15) is 24.4 Å². The van der Waals surface area contributed by atoms with E-state index in [4.69, 9.17) is 15.2 Å². The summed E-state index contributed by atoms with van der Waals surface area (Å²) in [7, 11) is 1.52. The highest BCUT2D eigenvalue weighted by Crippen LogP contribution is 2.28. The van der Waals surface area contributed by atoms with E-state index in [2.05, 4.69) is 10.6 Å². The summed E-state index contributed by atoms with van der Waals surface area (Å²) in [6, 6.07) is 11.4. The summed E-state index contributed by atoms with van der Waals surface area (Å²) in [5, 5.41) is 15.0. The molecule has 0 saturated carbocycles. The van der Waals surface area contributed by atoms with Crippen LogP contribution in [-0.4, -0.2) is 54.0 Å². The third-order valence-electron chi connectivity index (χ3n) is 5.83. The second kappa shape index (κ2) is 14.0. The Bertz CT molecular complexity index is 1260. The van der Waals surface area contributed by atoms with Crippen LogP contribution in [0.1, 0.15) is 56.3 Å². The van der Waals surface area contributed by atoms with Gasteiger partial charge in [-0.2, -0.15) is 5.26 Å². The van der Waals surface area contributed by atoms with Crippen LogP contribution in [0.25, 0.3) is 0 Å². The molecule has 2 atom stereocenters. The average Bonchev–Trinajstić information content (AvgIpc) is 2.86. The maximum absolute atomic E-state index is 13.9. The molecule has 0 saturated heterocycles. The van der Waals surface area contributed by atoms with Crippen LogP contribution in [-0.2, 0) is 19.1 Å². The first-order valence-corrected chi connectivity index (χ1v) is 12.7. The maximum Gasteiger partial charge on any atom is 0.408 e. The first kappa shape index (κ1) is 31.6. The molecule has 214 valence electrons. The van der Waals surface area contributed by atoms with Crippen molar-refractivity contribution in [3.05, 3.63) is 59.2 Å². The van der Waals surface area contributed by atoms with Gasteiger partial charge < -0.3 is 30.7 Å². The van der Waals surface area contributed by atoms with E-state index in [0.29, 0.717) is 17.0 Å². The predicted octanol–water partition coefficient (Wildman–Crippen LogP) is 3.50. The molecular weight excluding hydrogens is 514 g/mol. The Morgan fingerprint density at radius 3 is 2.25 bits per heavy atom. The predicted molar refractivity (Wildman–Crippen MR) is 149 cm³/mol. The standard InChI is InChI=1S/C29H37N5O6/c1-18-7-12-22(19(2)17-18)25(26(36)32-20-8-10-21(39-6)11-9-20)34(16-15-30)27(37)23(13-14-24(31)35)33-28(38)40-29(3,4)5/h7-12,17,23,25H,13-14,16H2,1-6H3,(H2,31,35)(H,32,36)(H,33,38). The minimum atomic E-state index is -1.29. The lowest BCUT2D eigenvalue weighted by atomic mass is 9.96. The van der Waals surface area contributed by atoms with E-state index < -0.39 is 48.0 Å². The number of carbonyl (C=O) groups excluding carboxylic acids is 4. The van der Waals surface area contributed by atoms with Gasteiger partial charge >= 0.3 is 6.09 Å². The van der Waals surface area contributed by atoms with Crippen LogP contribution < -0.4 is 21.1 Å². The maximum atomic E-state index is 13.9. The van der Waals surface area contributed by atoms with Crippen molar-refractivity contribution in [2.75, 3.05) is 19.0 Å². The third-order valence-corrected chi connectivity index (χ3v) is 5.83. The number of aryl methyl sites for hydroxylation is 2. The van der Waals surface area contributed by atoms with Crippen molar-refractivity contribution in [3.8, 4) is 11.8 Å². The Morgan fingerprint density at radius 1 is 1.07 bits per heavy atom. The van der Waals surface area contributed by atoms with Gasteiger partial charge in [-0.05, 0) is 76.4 Å². The summed E-state index contributed by atoms with van der Waals surface area (Å²) in [6.45, 7) is 8.20. The van der Waals surface area contributed by atoms with Gasteiger partial charge in [0.15, 0.2) is 0 Å². The average molecular weight is 552 g/mol. The molecule has 2 aromatic carbocycles. The van der Waals surface area contributed by atoms with Gasteiger partial charge in [0.25, 0.3) is 5.91 Å². The van der Waals surface area contributed by atoms with Crippen molar-refractivity contribution in [1.29, 1.82) is 5.26 Å². The smallest absolute Gasteiger partial charge is 0.408 e. The van der Waals surface area contributed by atoms with Crippen LogP contribution >= 0.6 is 0 Å². The zero-order chi connectivity index (χ0) is 30.0.